The highest BCUT2D eigenvalue weighted by Gasteiger charge is 2.32. The molecule has 246 valence electrons. The fraction of sp³-hybridized carbons (Fsp3) is 0.538. The van der Waals surface area contributed by atoms with Gasteiger partial charge in [-0.05, 0) is 118 Å². The summed E-state index contributed by atoms with van der Waals surface area (Å²) in [6.45, 7) is 9.63. The highest BCUT2D eigenvalue weighted by Crippen LogP contribution is 2.47. The summed E-state index contributed by atoms with van der Waals surface area (Å²) in [6.07, 6.45) is 8.31. The van der Waals surface area contributed by atoms with Crippen molar-refractivity contribution in [3.8, 4) is 11.5 Å². The first-order valence-electron chi connectivity index (χ1n) is 16.7. The monoisotopic (exact) mass is 618 g/mol. The second-order valence-corrected chi connectivity index (χ2v) is 13.2. The molecule has 2 fully saturated rings. The molecule has 0 saturated carbocycles. The predicted octanol–water partition coefficient (Wildman–Crippen LogP) is 7.83. The molecule has 0 bridgehead atoms. The van der Waals surface area contributed by atoms with Crippen molar-refractivity contribution in [2.24, 2.45) is 0 Å². The van der Waals surface area contributed by atoms with Gasteiger partial charge in [-0.1, -0.05) is 55.5 Å². The minimum Gasteiger partial charge on any atom is -0.497 e. The molecule has 6 nitrogen and oxygen atoms in total. The molecule has 0 radical (unpaired) electrons. The molecule has 5 atom stereocenters. The van der Waals surface area contributed by atoms with Gasteiger partial charge in [0.1, 0.15) is 17.1 Å². The van der Waals surface area contributed by atoms with E-state index in [1.165, 1.54) is 22.3 Å². The molecule has 5 unspecified atom stereocenters. The molecule has 1 aliphatic carbocycles. The van der Waals surface area contributed by atoms with Gasteiger partial charge in [-0.15, -0.1) is 0 Å². The van der Waals surface area contributed by atoms with Crippen molar-refractivity contribution in [3.63, 3.8) is 0 Å². The van der Waals surface area contributed by atoms with Gasteiger partial charge in [0.05, 0.1) is 38.6 Å². The lowest BCUT2D eigenvalue weighted by Gasteiger charge is -2.35. The van der Waals surface area contributed by atoms with Gasteiger partial charge >= 0.3 is 0 Å². The Hall–Kier alpha value is -2.90. The van der Waals surface area contributed by atoms with Crippen LogP contribution in [-0.4, -0.2) is 61.1 Å². The standard InChI is InChI=1S/C27H30O2.C7H14O2.C5H10O2/c1-27(2,3)29-23-15-17-25-21(18-23)12-16-24(19-8-6-5-7-9-19)26(25)20-10-13-22(28-4)14-11-20;1-2-6-3-4-7(5-8)9-6;6-4-5-2-1-3-7-5/h5-11,13-15,17-18,24,26H,12,16H2,1-4H3;6-8H,2-5H2,1H3;5-6H,1-4H2. The van der Waals surface area contributed by atoms with E-state index in [4.69, 9.17) is 29.2 Å². The van der Waals surface area contributed by atoms with E-state index in [0.29, 0.717) is 17.9 Å². The van der Waals surface area contributed by atoms with Crippen LogP contribution >= 0.6 is 0 Å². The summed E-state index contributed by atoms with van der Waals surface area (Å²) in [7, 11) is 1.72. The van der Waals surface area contributed by atoms with Crippen LogP contribution in [0.5, 0.6) is 11.5 Å². The molecule has 3 aromatic rings. The van der Waals surface area contributed by atoms with Gasteiger partial charge in [0.15, 0.2) is 0 Å². The third-order valence-corrected chi connectivity index (χ3v) is 8.79. The Bertz CT molecular complexity index is 1250. The Kier molecular flexibility index (Phi) is 13.3. The molecular weight excluding hydrogens is 564 g/mol. The zero-order valence-electron chi connectivity index (χ0n) is 27.9. The minimum absolute atomic E-state index is 0.134. The molecule has 0 spiro atoms. The van der Waals surface area contributed by atoms with Crippen molar-refractivity contribution >= 4 is 0 Å². The van der Waals surface area contributed by atoms with Crippen LogP contribution in [0.3, 0.4) is 0 Å². The van der Waals surface area contributed by atoms with E-state index in [2.05, 4.69) is 100 Å². The molecule has 45 heavy (non-hydrogen) atoms. The van der Waals surface area contributed by atoms with E-state index in [0.717, 1.165) is 63.1 Å². The fourth-order valence-electron chi connectivity index (χ4n) is 6.50. The Labute approximate surface area is 270 Å². The maximum absolute atomic E-state index is 8.65. The molecule has 2 N–H and O–H groups in total. The maximum atomic E-state index is 8.65. The van der Waals surface area contributed by atoms with Crippen LogP contribution in [0, 0.1) is 0 Å². The number of hydrogen-bond acceptors (Lipinski definition) is 6. The van der Waals surface area contributed by atoms with E-state index in [-0.39, 0.29) is 31.0 Å². The van der Waals surface area contributed by atoms with Crippen molar-refractivity contribution < 1.29 is 29.2 Å². The van der Waals surface area contributed by atoms with Gasteiger partial charge < -0.3 is 29.2 Å². The minimum atomic E-state index is -0.190. The number of hydrogen-bond donors (Lipinski definition) is 2. The first-order valence-corrected chi connectivity index (χ1v) is 16.7. The number of fused-ring (bicyclic) bond motifs is 1. The second-order valence-electron chi connectivity index (χ2n) is 13.2. The summed E-state index contributed by atoms with van der Waals surface area (Å²) < 4.78 is 22.0. The zero-order chi connectivity index (χ0) is 32.2. The van der Waals surface area contributed by atoms with Gasteiger partial charge in [-0.25, -0.2) is 0 Å². The van der Waals surface area contributed by atoms with E-state index < -0.39 is 0 Å². The van der Waals surface area contributed by atoms with Crippen LogP contribution in [-0.2, 0) is 15.9 Å². The van der Waals surface area contributed by atoms with E-state index in [9.17, 15) is 0 Å². The SMILES string of the molecule is CCC1CCC(CO)O1.COc1ccc(C2c3ccc(OC(C)(C)C)cc3CCC2c2ccccc2)cc1.OCC1CCCO1. The Morgan fingerprint density at radius 1 is 0.778 bits per heavy atom. The van der Waals surface area contributed by atoms with Crippen LogP contribution in [0.1, 0.15) is 100 Å². The molecular formula is C39H54O6. The van der Waals surface area contributed by atoms with Crippen molar-refractivity contribution in [2.45, 2.75) is 108 Å². The van der Waals surface area contributed by atoms with Crippen molar-refractivity contribution in [2.75, 3.05) is 26.9 Å². The summed E-state index contributed by atoms with van der Waals surface area (Å²) in [5.74, 6) is 2.65. The van der Waals surface area contributed by atoms with Crippen LogP contribution in [0.25, 0.3) is 0 Å². The molecule has 2 aliphatic heterocycles. The third-order valence-electron chi connectivity index (χ3n) is 8.79. The quantitative estimate of drug-likeness (QED) is 0.281. The summed E-state index contributed by atoms with van der Waals surface area (Å²) in [4.78, 5) is 0. The lowest BCUT2D eigenvalue weighted by atomic mass is 9.69. The molecule has 0 aromatic heterocycles. The van der Waals surface area contributed by atoms with Crippen molar-refractivity contribution in [1.82, 2.24) is 0 Å². The van der Waals surface area contributed by atoms with E-state index in [1.807, 2.05) is 0 Å². The number of rotatable bonds is 7. The zero-order valence-corrected chi connectivity index (χ0v) is 27.9. The van der Waals surface area contributed by atoms with Gasteiger partial charge in [0.2, 0.25) is 0 Å². The van der Waals surface area contributed by atoms with Crippen molar-refractivity contribution in [1.29, 1.82) is 0 Å². The molecule has 6 heteroatoms. The Balaban J connectivity index is 0.000000234. The summed E-state index contributed by atoms with van der Waals surface area (Å²) in [5, 5.41) is 17.1. The molecule has 2 saturated heterocycles. The summed E-state index contributed by atoms with van der Waals surface area (Å²) in [6, 6.07) is 26.2. The topological polar surface area (TPSA) is 77.4 Å². The van der Waals surface area contributed by atoms with Crippen LogP contribution < -0.4 is 9.47 Å². The predicted molar refractivity (Wildman–Crippen MR) is 180 cm³/mol. The van der Waals surface area contributed by atoms with E-state index >= 15 is 0 Å². The third kappa shape index (κ3) is 10.3. The van der Waals surface area contributed by atoms with Crippen molar-refractivity contribution in [3.05, 3.63) is 95.1 Å². The first-order chi connectivity index (χ1) is 21.7. The van der Waals surface area contributed by atoms with Gasteiger partial charge in [-0.2, -0.15) is 0 Å². The normalized spacial score (nSPS) is 24.0. The number of benzene rings is 3. The maximum Gasteiger partial charge on any atom is 0.120 e. The molecule has 3 aliphatic rings. The average molecular weight is 619 g/mol. The van der Waals surface area contributed by atoms with Crippen LogP contribution in [0.4, 0.5) is 0 Å². The van der Waals surface area contributed by atoms with Gasteiger partial charge in [-0.3, -0.25) is 0 Å². The largest absolute Gasteiger partial charge is 0.497 e. The number of aliphatic hydroxyl groups is 2. The highest BCUT2D eigenvalue weighted by atomic mass is 16.5. The Morgan fingerprint density at radius 2 is 1.47 bits per heavy atom. The Morgan fingerprint density at radius 3 is 2.00 bits per heavy atom. The molecule has 2 heterocycles. The lowest BCUT2D eigenvalue weighted by Crippen LogP contribution is -2.24. The smallest absolute Gasteiger partial charge is 0.120 e. The molecule has 0 amide bonds. The molecule has 6 rings (SSSR count). The van der Waals surface area contributed by atoms with Crippen LogP contribution in [0.2, 0.25) is 0 Å². The molecule has 3 aromatic carbocycles. The van der Waals surface area contributed by atoms with E-state index in [1.54, 1.807) is 7.11 Å². The van der Waals surface area contributed by atoms with Gasteiger partial charge in [0.25, 0.3) is 0 Å². The van der Waals surface area contributed by atoms with Crippen LogP contribution in [0.15, 0.2) is 72.8 Å². The highest BCUT2D eigenvalue weighted by molar-refractivity contribution is 5.48. The summed E-state index contributed by atoms with van der Waals surface area (Å²) in [5.41, 5.74) is 5.38. The fourth-order valence-corrected chi connectivity index (χ4v) is 6.50. The lowest BCUT2D eigenvalue weighted by molar-refractivity contribution is 0.0106. The number of aliphatic hydroxyl groups excluding tert-OH is 2. The average Bonchev–Trinajstić information content (AvgIpc) is 3.77. The second kappa shape index (κ2) is 17.1. The number of ether oxygens (including phenoxy) is 4. The summed E-state index contributed by atoms with van der Waals surface area (Å²) >= 11 is 0. The number of methoxy groups -OCH3 is 1. The first kappa shape index (κ1) is 35.0. The number of aryl methyl sites for hydroxylation is 1. The van der Waals surface area contributed by atoms with Gasteiger partial charge in [0, 0.05) is 12.5 Å².